The number of allylic oxidation sites excluding steroid dienone is 3. The summed E-state index contributed by atoms with van der Waals surface area (Å²) in [5, 5.41) is 0. The molecule has 1 nitrogen and oxygen atoms in total. The summed E-state index contributed by atoms with van der Waals surface area (Å²) in [6.07, 6.45) is 9.84. The van der Waals surface area contributed by atoms with E-state index in [1.807, 2.05) is 12.2 Å². The quantitative estimate of drug-likeness (QED) is 0.323. The normalized spacial score (nSPS) is 12.6. The van der Waals surface area contributed by atoms with Crippen molar-refractivity contribution in [2.24, 2.45) is 4.99 Å². The number of aliphatic imine (C=N–C) groups is 1. The number of halogens is 1. The summed E-state index contributed by atoms with van der Waals surface area (Å²) in [5.74, 6) is 0. The molecule has 0 atom stereocenters. The second-order valence-electron chi connectivity index (χ2n) is 0.959. The molecule has 0 aliphatic carbocycles. The van der Waals surface area contributed by atoms with Crippen LogP contribution in [-0.2, 0) is 0 Å². The van der Waals surface area contributed by atoms with E-state index in [0.717, 1.165) is 0 Å². The minimum atomic E-state index is 0. The van der Waals surface area contributed by atoms with Crippen molar-refractivity contribution in [3.63, 3.8) is 0 Å². The van der Waals surface area contributed by atoms with Gasteiger partial charge in [0.2, 0.25) is 0 Å². The van der Waals surface area contributed by atoms with Crippen molar-refractivity contribution in [1.29, 1.82) is 0 Å². The predicted octanol–water partition coefficient (Wildman–Crippen LogP) is -1.98. The highest BCUT2D eigenvalue weighted by Crippen LogP contribution is 1.81. The Labute approximate surface area is 48.9 Å². The van der Waals surface area contributed by atoms with E-state index in [9.17, 15) is 0 Å². The predicted molar refractivity (Wildman–Crippen MR) is 25.7 cm³/mol. The summed E-state index contributed by atoms with van der Waals surface area (Å²) in [6.45, 7) is 0. The van der Waals surface area contributed by atoms with Gasteiger partial charge in [-0.3, -0.25) is 0 Å². The van der Waals surface area contributed by atoms with E-state index in [1.165, 1.54) is 0 Å². The molecule has 1 heterocycles. The Morgan fingerprint density at radius 2 is 2.14 bits per heavy atom. The van der Waals surface area contributed by atoms with E-state index in [4.69, 9.17) is 0 Å². The molecule has 0 aromatic rings. The summed E-state index contributed by atoms with van der Waals surface area (Å²) in [4.78, 5) is 3.66. The van der Waals surface area contributed by atoms with Gasteiger partial charge in [0.05, 0.1) is 12.2 Å². The summed E-state index contributed by atoms with van der Waals surface area (Å²) < 4.78 is 0. The van der Waals surface area contributed by atoms with Gasteiger partial charge in [-0.05, 0) is 0 Å². The maximum absolute atomic E-state index is 3.66. The van der Waals surface area contributed by atoms with Gasteiger partial charge in [-0.25, -0.2) is 0 Å². The van der Waals surface area contributed by atoms with Crippen LogP contribution >= 0.6 is 0 Å². The van der Waals surface area contributed by atoms with Crippen LogP contribution in [0.3, 0.4) is 0 Å². The highest BCUT2D eigenvalue weighted by Gasteiger charge is 1.79. The average Bonchev–Trinajstić information content (AvgIpc) is 1.72. The van der Waals surface area contributed by atoms with Crippen LogP contribution in [0, 0.1) is 0 Å². The van der Waals surface area contributed by atoms with E-state index in [-0.39, 0.29) is 12.4 Å². The zero-order valence-corrected chi connectivity index (χ0v) is 4.39. The minimum Gasteiger partial charge on any atom is -1.00 e. The Morgan fingerprint density at radius 3 is 2.29 bits per heavy atom. The Balaban J connectivity index is 0.000000360. The van der Waals surface area contributed by atoms with Gasteiger partial charge in [-0.2, -0.15) is 0 Å². The molecule has 0 radical (unpaired) electrons. The van der Waals surface area contributed by atoms with Crippen LogP contribution in [0.1, 0.15) is 0 Å². The van der Waals surface area contributed by atoms with Crippen LogP contribution in [0.4, 0.5) is 0 Å². The van der Waals surface area contributed by atoms with Gasteiger partial charge in [0.1, 0.15) is 12.3 Å². The number of rotatable bonds is 0. The van der Waals surface area contributed by atoms with Crippen molar-refractivity contribution in [3.05, 3.63) is 24.4 Å². The van der Waals surface area contributed by atoms with E-state index in [0.29, 0.717) is 0 Å². The van der Waals surface area contributed by atoms with Crippen LogP contribution < -0.4 is 12.4 Å². The lowest BCUT2D eigenvalue weighted by atomic mass is 10.4. The van der Waals surface area contributed by atoms with Crippen LogP contribution in [0.15, 0.2) is 29.4 Å². The van der Waals surface area contributed by atoms with E-state index >= 15 is 0 Å². The number of hydrogen-bond donors (Lipinski definition) is 0. The molecule has 0 aromatic heterocycles. The molecule has 1 aliphatic heterocycles. The van der Waals surface area contributed by atoms with Gasteiger partial charge in [-0.1, -0.05) is 4.99 Å². The van der Waals surface area contributed by atoms with Crippen LogP contribution in [0.2, 0.25) is 0 Å². The van der Waals surface area contributed by atoms with E-state index in [2.05, 4.69) is 11.2 Å². The first-order valence-corrected chi connectivity index (χ1v) is 1.77. The van der Waals surface area contributed by atoms with Crippen molar-refractivity contribution in [2.45, 2.75) is 0 Å². The van der Waals surface area contributed by atoms with Gasteiger partial charge in [0.15, 0.2) is 6.21 Å². The maximum Gasteiger partial charge on any atom is 0.156 e. The smallest absolute Gasteiger partial charge is 0.156 e. The molecule has 7 heavy (non-hydrogen) atoms. The lowest BCUT2D eigenvalue weighted by Gasteiger charge is -1.63. The first kappa shape index (κ1) is 6.35. The van der Waals surface area contributed by atoms with E-state index in [1.54, 1.807) is 12.3 Å². The fraction of sp³-hybridized carbons (Fsp3) is 0. The molecule has 0 unspecified atom stereocenters. The Bertz CT molecular complexity index is 77.5. The standard InChI is InChI=1S/C5H4N.ClH/c1-2-4-6-5-3-1;/h1-4H;1H/q+1;/p-1. The first-order valence-electron chi connectivity index (χ1n) is 1.77. The van der Waals surface area contributed by atoms with Gasteiger partial charge < -0.3 is 12.4 Å². The second kappa shape index (κ2) is 3.54. The molecule has 0 saturated heterocycles. The molecular weight excluding hydrogens is 110 g/mol. The average molecular weight is 114 g/mol. The van der Waals surface area contributed by atoms with Gasteiger partial charge >= 0.3 is 0 Å². The highest BCUT2D eigenvalue weighted by atomic mass is 35.5. The van der Waals surface area contributed by atoms with Gasteiger partial charge in [0.25, 0.3) is 0 Å². The molecule has 0 N–H and O–H groups in total. The topological polar surface area (TPSA) is 12.4 Å². The number of nitrogens with zero attached hydrogens (tertiary/aromatic N) is 1. The molecule has 0 bridgehead atoms. The minimum absolute atomic E-state index is 0. The van der Waals surface area contributed by atoms with Crippen LogP contribution in [0.5, 0.6) is 0 Å². The van der Waals surface area contributed by atoms with Crippen LogP contribution in [0.25, 0.3) is 0 Å². The summed E-state index contributed by atoms with van der Waals surface area (Å²) in [7, 11) is 0. The third kappa shape index (κ3) is 2.10. The Hall–Kier alpha value is -0.650. The molecule has 0 saturated carbocycles. The molecule has 0 fully saturated rings. The summed E-state index contributed by atoms with van der Waals surface area (Å²) in [5.41, 5.74) is 0. The van der Waals surface area contributed by atoms with Crippen molar-refractivity contribution in [2.75, 3.05) is 0 Å². The lowest BCUT2D eigenvalue weighted by molar-refractivity contribution is -0.00000118. The Kier molecular flexibility index (Phi) is 3.21. The second-order valence-corrected chi connectivity index (χ2v) is 0.959. The molecule has 1 aliphatic rings. The SMILES string of the molecule is [C+]1=NC=CC=C1.[Cl-]. The molecule has 2 heteroatoms. The zero-order chi connectivity index (χ0) is 4.24. The van der Waals surface area contributed by atoms with Gasteiger partial charge in [-0.15, -0.1) is 0 Å². The fourth-order valence-corrected chi connectivity index (χ4v) is 0.277. The molecule has 0 aromatic carbocycles. The molecular formula is C5H4ClN. The summed E-state index contributed by atoms with van der Waals surface area (Å²) >= 11 is 0. The maximum atomic E-state index is 3.66. The zero-order valence-electron chi connectivity index (χ0n) is 3.63. The molecule has 1 rings (SSSR count). The summed E-state index contributed by atoms with van der Waals surface area (Å²) in [6, 6.07) is 0. The van der Waals surface area contributed by atoms with Crippen molar-refractivity contribution >= 4 is 6.21 Å². The third-order valence-electron chi connectivity index (χ3n) is 0.517. The third-order valence-corrected chi connectivity index (χ3v) is 0.517. The monoisotopic (exact) mass is 113 g/mol. The van der Waals surface area contributed by atoms with Crippen molar-refractivity contribution in [1.82, 2.24) is 0 Å². The number of hydrogen-bond acceptors (Lipinski definition) is 1. The van der Waals surface area contributed by atoms with Crippen molar-refractivity contribution in [3.8, 4) is 0 Å². The fourth-order valence-electron chi connectivity index (χ4n) is 0.277. The van der Waals surface area contributed by atoms with Gasteiger partial charge in [0, 0.05) is 0 Å². The lowest BCUT2D eigenvalue weighted by Crippen LogP contribution is -3.00. The first-order chi connectivity index (χ1) is 3.00. The largest absolute Gasteiger partial charge is 1.00 e. The molecule has 0 spiro atoms. The van der Waals surface area contributed by atoms with Crippen molar-refractivity contribution < 1.29 is 12.4 Å². The highest BCUT2D eigenvalue weighted by molar-refractivity contribution is 5.73. The van der Waals surface area contributed by atoms with Crippen LogP contribution in [-0.4, -0.2) is 6.21 Å². The molecule has 36 valence electrons. The van der Waals surface area contributed by atoms with E-state index < -0.39 is 0 Å². The molecule has 0 amide bonds. The Morgan fingerprint density at radius 1 is 1.29 bits per heavy atom.